The zero-order valence-corrected chi connectivity index (χ0v) is 11.4. The molecular formula is C13H16BrNO2. The molecule has 0 bridgehead atoms. The van der Waals surface area contributed by atoms with Gasteiger partial charge in [-0.05, 0) is 47.3 Å². The number of hydrogen-bond acceptors (Lipinski definition) is 2. The smallest absolute Gasteiger partial charge is 0.252 e. The van der Waals surface area contributed by atoms with Crippen molar-refractivity contribution < 1.29 is 9.90 Å². The molecule has 0 aromatic heterocycles. The number of amides is 1. The summed E-state index contributed by atoms with van der Waals surface area (Å²) >= 11 is 3.42. The summed E-state index contributed by atoms with van der Waals surface area (Å²) in [5, 5.41) is 12.1. The van der Waals surface area contributed by atoms with Gasteiger partial charge in [0.1, 0.15) is 0 Å². The molecule has 0 aliphatic heterocycles. The first-order chi connectivity index (χ1) is 8.08. The maximum atomic E-state index is 12.0. The fraction of sp³-hybridized carbons (Fsp3) is 0.462. The first-order valence-electron chi connectivity index (χ1n) is 5.72. The summed E-state index contributed by atoms with van der Waals surface area (Å²) in [6.07, 6.45) is 2.00. The fourth-order valence-electron chi connectivity index (χ4n) is 1.75. The van der Waals surface area contributed by atoms with Gasteiger partial charge in [0.15, 0.2) is 0 Å². The minimum Gasteiger partial charge on any atom is -0.396 e. The van der Waals surface area contributed by atoms with Crippen molar-refractivity contribution in [3.05, 3.63) is 33.8 Å². The van der Waals surface area contributed by atoms with Crippen molar-refractivity contribution in [1.29, 1.82) is 0 Å². The van der Waals surface area contributed by atoms with Gasteiger partial charge in [-0.1, -0.05) is 12.1 Å². The highest BCUT2D eigenvalue weighted by atomic mass is 79.9. The van der Waals surface area contributed by atoms with E-state index in [1.165, 1.54) is 0 Å². The van der Waals surface area contributed by atoms with E-state index in [0.29, 0.717) is 12.1 Å². The number of halogens is 1. The fourth-order valence-corrected chi connectivity index (χ4v) is 2.20. The Morgan fingerprint density at radius 2 is 2.24 bits per heavy atom. The Bertz CT molecular complexity index is 441. The summed E-state index contributed by atoms with van der Waals surface area (Å²) in [6.45, 7) is 2.67. The normalized spacial score (nSPS) is 16.6. The summed E-state index contributed by atoms with van der Waals surface area (Å²) in [5.74, 6) is -0.0831. The molecule has 0 spiro atoms. The maximum Gasteiger partial charge on any atom is 0.252 e. The predicted octanol–water partition coefficient (Wildman–Crippen LogP) is 2.26. The molecule has 1 fully saturated rings. The molecule has 1 aromatic carbocycles. The van der Waals surface area contributed by atoms with E-state index in [1.807, 2.05) is 19.1 Å². The topological polar surface area (TPSA) is 49.3 Å². The number of aliphatic hydroxyl groups is 1. The molecule has 3 nitrogen and oxygen atoms in total. The van der Waals surface area contributed by atoms with Gasteiger partial charge in [0, 0.05) is 16.4 Å². The van der Waals surface area contributed by atoms with Crippen LogP contribution in [0.25, 0.3) is 0 Å². The van der Waals surface area contributed by atoms with Crippen LogP contribution < -0.4 is 5.32 Å². The van der Waals surface area contributed by atoms with Crippen LogP contribution in [0.2, 0.25) is 0 Å². The molecule has 2 N–H and O–H groups in total. The molecule has 1 amide bonds. The third kappa shape index (κ3) is 2.69. The molecule has 2 rings (SSSR count). The van der Waals surface area contributed by atoms with Crippen molar-refractivity contribution in [3.63, 3.8) is 0 Å². The number of aliphatic hydroxyl groups excluding tert-OH is 1. The molecule has 1 aliphatic carbocycles. The van der Waals surface area contributed by atoms with Gasteiger partial charge in [0.2, 0.25) is 0 Å². The van der Waals surface area contributed by atoms with Crippen LogP contribution in [0.5, 0.6) is 0 Å². The van der Waals surface area contributed by atoms with Crippen molar-refractivity contribution in [3.8, 4) is 0 Å². The number of benzene rings is 1. The molecule has 1 aromatic rings. The van der Waals surface area contributed by atoms with E-state index in [0.717, 1.165) is 22.9 Å². The van der Waals surface area contributed by atoms with E-state index in [9.17, 15) is 9.90 Å². The molecule has 0 heterocycles. The Morgan fingerprint density at radius 3 is 2.82 bits per heavy atom. The van der Waals surface area contributed by atoms with E-state index in [1.54, 1.807) is 6.07 Å². The average molecular weight is 298 g/mol. The van der Waals surface area contributed by atoms with E-state index in [4.69, 9.17) is 0 Å². The van der Waals surface area contributed by atoms with Crippen molar-refractivity contribution in [2.24, 2.45) is 5.41 Å². The van der Waals surface area contributed by atoms with Gasteiger partial charge in [-0.25, -0.2) is 0 Å². The largest absolute Gasteiger partial charge is 0.396 e. The third-order valence-corrected chi connectivity index (χ3v) is 4.41. The molecule has 0 unspecified atom stereocenters. The quantitative estimate of drug-likeness (QED) is 0.896. The Morgan fingerprint density at radius 1 is 1.53 bits per heavy atom. The van der Waals surface area contributed by atoms with Gasteiger partial charge < -0.3 is 10.4 Å². The standard InChI is InChI=1S/C13H16BrNO2/c1-9-3-2-4-10(11(9)14)12(17)15-7-13(8-16)5-6-13/h2-4,16H,5-8H2,1H3,(H,15,17). The van der Waals surface area contributed by atoms with Gasteiger partial charge in [-0.3, -0.25) is 4.79 Å². The van der Waals surface area contributed by atoms with Gasteiger partial charge >= 0.3 is 0 Å². The van der Waals surface area contributed by atoms with Gasteiger partial charge in [-0.15, -0.1) is 0 Å². The van der Waals surface area contributed by atoms with E-state index in [-0.39, 0.29) is 17.9 Å². The maximum absolute atomic E-state index is 12.0. The number of aryl methyl sites for hydroxylation is 1. The van der Waals surface area contributed by atoms with Crippen LogP contribution in [0.1, 0.15) is 28.8 Å². The van der Waals surface area contributed by atoms with E-state index in [2.05, 4.69) is 21.2 Å². The highest BCUT2D eigenvalue weighted by molar-refractivity contribution is 9.10. The predicted molar refractivity (Wildman–Crippen MR) is 70.0 cm³/mol. The monoisotopic (exact) mass is 297 g/mol. The van der Waals surface area contributed by atoms with Crippen LogP contribution in [0.3, 0.4) is 0 Å². The van der Waals surface area contributed by atoms with Crippen molar-refractivity contribution in [1.82, 2.24) is 5.32 Å². The van der Waals surface area contributed by atoms with Crippen LogP contribution in [-0.4, -0.2) is 24.2 Å². The lowest BCUT2D eigenvalue weighted by molar-refractivity contribution is 0.0934. The number of hydrogen-bond donors (Lipinski definition) is 2. The second-order valence-corrected chi connectivity index (χ2v) is 5.57. The van der Waals surface area contributed by atoms with Crippen molar-refractivity contribution in [2.75, 3.05) is 13.2 Å². The lowest BCUT2D eigenvalue weighted by atomic mass is 10.1. The summed E-state index contributed by atoms with van der Waals surface area (Å²) < 4.78 is 0.839. The molecule has 0 atom stereocenters. The molecule has 0 radical (unpaired) electrons. The number of rotatable bonds is 4. The molecule has 92 valence electrons. The number of carbonyl (C=O) groups excluding carboxylic acids is 1. The van der Waals surface area contributed by atoms with Crippen LogP contribution in [-0.2, 0) is 0 Å². The summed E-state index contributed by atoms with van der Waals surface area (Å²) in [7, 11) is 0. The molecule has 1 saturated carbocycles. The molecule has 4 heteroatoms. The van der Waals surface area contributed by atoms with Gasteiger partial charge in [0.25, 0.3) is 5.91 Å². The highest BCUT2D eigenvalue weighted by Crippen LogP contribution is 2.44. The van der Waals surface area contributed by atoms with Crippen LogP contribution in [0.4, 0.5) is 0 Å². The second kappa shape index (κ2) is 4.78. The van der Waals surface area contributed by atoms with Crippen LogP contribution >= 0.6 is 15.9 Å². The molecule has 17 heavy (non-hydrogen) atoms. The molecule has 0 saturated heterocycles. The van der Waals surface area contributed by atoms with E-state index < -0.39 is 0 Å². The molecule has 1 aliphatic rings. The lowest BCUT2D eigenvalue weighted by Gasteiger charge is -2.13. The second-order valence-electron chi connectivity index (χ2n) is 4.78. The van der Waals surface area contributed by atoms with Crippen molar-refractivity contribution in [2.45, 2.75) is 19.8 Å². The summed E-state index contributed by atoms with van der Waals surface area (Å²) in [5.41, 5.74) is 1.64. The van der Waals surface area contributed by atoms with Crippen LogP contribution in [0, 0.1) is 12.3 Å². The Kier molecular flexibility index (Phi) is 3.54. The minimum atomic E-state index is -0.0831. The Labute approximate surface area is 109 Å². The lowest BCUT2D eigenvalue weighted by Crippen LogP contribution is -2.32. The zero-order valence-electron chi connectivity index (χ0n) is 9.79. The van der Waals surface area contributed by atoms with E-state index >= 15 is 0 Å². The number of carbonyl (C=O) groups is 1. The molecular weight excluding hydrogens is 282 g/mol. The highest BCUT2D eigenvalue weighted by Gasteiger charge is 2.42. The van der Waals surface area contributed by atoms with Crippen LogP contribution in [0.15, 0.2) is 22.7 Å². The zero-order chi connectivity index (χ0) is 12.5. The first-order valence-corrected chi connectivity index (χ1v) is 6.51. The Hall–Kier alpha value is -0.870. The average Bonchev–Trinajstić information content (AvgIpc) is 3.10. The summed E-state index contributed by atoms with van der Waals surface area (Å²) in [4.78, 5) is 12.0. The minimum absolute atomic E-state index is 0.0496. The van der Waals surface area contributed by atoms with Crippen molar-refractivity contribution >= 4 is 21.8 Å². The Balaban J connectivity index is 2.02. The van der Waals surface area contributed by atoms with Gasteiger partial charge in [0.05, 0.1) is 12.2 Å². The third-order valence-electron chi connectivity index (χ3n) is 3.35. The SMILES string of the molecule is Cc1cccc(C(=O)NCC2(CO)CC2)c1Br. The van der Waals surface area contributed by atoms with Gasteiger partial charge in [-0.2, -0.15) is 0 Å². The first kappa shape index (κ1) is 12.6. The summed E-state index contributed by atoms with van der Waals surface area (Å²) in [6, 6.07) is 5.62. The number of nitrogens with one attached hydrogen (secondary N) is 1.